The highest BCUT2D eigenvalue weighted by atomic mass is 32.2. The van der Waals surface area contributed by atoms with Crippen LogP contribution >= 0.6 is 11.8 Å². The molecule has 0 atom stereocenters. The molecule has 1 heterocycles. The van der Waals surface area contributed by atoms with Crippen LogP contribution in [0.3, 0.4) is 0 Å². The summed E-state index contributed by atoms with van der Waals surface area (Å²) in [4.78, 5) is 16.5. The molecule has 2 aromatic rings. The van der Waals surface area contributed by atoms with Gasteiger partial charge in [-0.2, -0.15) is 0 Å². The van der Waals surface area contributed by atoms with E-state index in [2.05, 4.69) is 20.5 Å². The summed E-state index contributed by atoms with van der Waals surface area (Å²) in [6.07, 6.45) is 3.36. The van der Waals surface area contributed by atoms with Crippen LogP contribution in [0, 0.1) is 0 Å². The van der Waals surface area contributed by atoms with Gasteiger partial charge in [-0.25, -0.2) is 13.4 Å². The first-order valence-electron chi connectivity index (χ1n) is 7.07. The van der Waals surface area contributed by atoms with Gasteiger partial charge in [0.25, 0.3) is 0 Å². The summed E-state index contributed by atoms with van der Waals surface area (Å²) in [6, 6.07) is 6.33. The highest BCUT2D eigenvalue weighted by Crippen LogP contribution is 2.38. The zero-order chi connectivity index (χ0) is 16.4. The van der Waals surface area contributed by atoms with Crippen molar-refractivity contribution in [3.8, 4) is 0 Å². The van der Waals surface area contributed by atoms with E-state index in [1.165, 1.54) is 17.8 Å². The summed E-state index contributed by atoms with van der Waals surface area (Å²) in [6.45, 7) is 0. The Hall–Kier alpha value is -1.87. The number of amides is 1. The second kappa shape index (κ2) is 6.32. The predicted molar refractivity (Wildman–Crippen MR) is 87.3 cm³/mol. The maximum atomic E-state index is 12.0. The van der Waals surface area contributed by atoms with Crippen molar-refractivity contribution in [1.29, 1.82) is 0 Å². The molecule has 1 aliphatic rings. The number of carbonyl (C=O) groups excluding carboxylic acids is 1. The number of rotatable bonds is 6. The second-order valence-corrected chi connectivity index (χ2v) is 8.31. The van der Waals surface area contributed by atoms with Gasteiger partial charge in [0.15, 0.2) is 9.84 Å². The van der Waals surface area contributed by atoms with E-state index in [-0.39, 0.29) is 22.2 Å². The highest BCUT2D eigenvalue weighted by Gasteiger charge is 2.27. The molecule has 0 spiro atoms. The Bertz CT molecular complexity index is 828. The third kappa shape index (κ3) is 4.11. The first-order chi connectivity index (χ1) is 10.9. The molecule has 122 valence electrons. The molecule has 0 radical (unpaired) electrons. The number of hydrogen-bond acceptors (Lipinski definition) is 6. The van der Waals surface area contributed by atoms with E-state index in [0.29, 0.717) is 11.1 Å². The van der Waals surface area contributed by atoms with Crippen molar-refractivity contribution in [2.24, 2.45) is 0 Å². The lowest BCUT2D eigenvalue weighted by atomic mass is 10.3. The van der Waals surface area contributed by atoms with E-state index in [1.807, 2.05) is 0 Å². The summed E-state index contributed by atoms with van der Waals surface area (Å²) in [5.41, 5.74) is 0.286. The van der Waals surface area contributed by atoms with Gasteiger partial charge < -0.3 is 5.32 Å². The zero-order valence-corrected chi connectivity index (χ0v) is 14.1. The number of H-pyrrole nitrogens is 1. The molecule has 1 aromatic carbocycles. The molecule has 23 heavy (non-hydrogen) atoms. The van der Waals surface area contributed by atoms with Gasteiger partial charge in [-0.1, -0.05) is 23.9 Å². The smallest absolute Gasteiger partial charge is 0.234 e. The number of sulfone groups is 1. The van der Waals surface area contributed by atoms with E-state index in [0.717, 1.165) is 24.9 Å². The van der Waals surface area contributed by atoms with Crippen LogP contribution in [0.1, 0.15) is 24.6 Å². The Morgan fingerprint density at radius 2 is 2.13 bits per heavy atom. The van der Waals surface area contributed by atoms with Crippen LogP contribution in [0.2, 0.25) is 0 Å². The van der Waals surface area contributed by atoms with Crippen LogP contribution in [-0.2, 0) is 14.6 Å². The van der Waals surface area contributed by atoms with Gasteiger partial charge >= 0.3 is 0 Å². The number of aromatic amines is 1. The Balaban J connectivity index is 1.61. The van der Waals surface area contributed by atoms with Crippen molar-refractivity contribution < 1.29 is 13.2 Å². The molecule has 1 amide bonds. The molecular formula is C14H16N4O3S2. The molecule has 3 rings (SSSR count). The Labute approximate surface area is 138 Å². The second-order valence-electron chi connectivity index (χ2n) is 5.38. The highest BCUT2D eigenvalue weighted by molar-refractivity contribution is 7.99. The summed E-state index contributed by atoms with van der Waals surface area (Å²) in [7, 11) is -3.40. The van der Waals surface area contributed by atoms with Crippen molar-refractivity contribution in [3.05, 3.63) is 30.1 Å². The Kier molecular flexibility index (Phi) is 4.40. The SMILES string of the molecule is CS(=O)(=O)c1ccccc1NC(=O)CSc1n[nH]c(C2CC2)n1. The molecular weight excluding hydrogens is 336 g/mol. The van der Waals surface area contributed by atoms with E-state index in [9.17, 15) is 13.2 Å². The van der Waals surface area contributed by atoms with Crippen molar-refractivity contribution in [1.82, 2.24) is 15.2 Å². The first-order valence-corrected chi connectivity index (χ1v) is 9.95. The molecule has 0 aliphatic heterocycles. The quantitative estimate of drug-likeness (QED) is 0.768. The topological polar surface area (TPSA) is 105 Å². The normalized spacial score (nSPS) is 14.7. The number of nitrogens with zero attached hydrogens (tertiary/aromatic N) is 2. The Morgan fingerprint density at radius 1 is 1.39 bits per heavy atom. The fourth-order valence-corrected chi connectivity index (χ4v) is 3.52. The number of benzene rings is 1. The largest absolute Gasteiger partial charge is 0.324 e. The van der Waals surface area contributed by atoms with E-state index >= 15 is 0 Å². The number of para-hydroxylation sites is 1. The zero-order valence-electron chi connectivity index (χ0n) is 12.4. The van der Waals surface area contributed by atoms with Crippen molar-refractivity contribution in [2.45, 2.75) is 28.8 Å². The van der Waals surface area contributed by atoms with Gasteiger partial charge in [0, 0.05) is 12.2 Å². The molecule has 9 heteroatoms. The lowest BCUT2D eigenvalue weighted by Crippen LogP contribution is -2.16. The van der Waals surface area contributed by atoms with Gasteiger partial charge in [-0.15, -0.1) is 5.10 Å². The number of aromatic nitrogens is 3. The predicted octanol–water partition coefficient (Wildman–Crippen LogP) is 1.82. The fourth-order valence-electron chi connectivity index (χ4n) is 2.07. The molecule has 0 bridgehead atoms. The standard InChI is InChI=1S/C14H16N4O3S2/c1-23(20,21)11-5-3-2-4-10(11)15-12(19)8-22-14-16-13(17-18-14)9-6-7-9/h2-5,9H,6-8H2,1H3,(H,15,19)(H,16,17,18). The average molecular weight is 352 g/mol. The number of carbonyl (C=O) groups is 1. The lowest BCUT2D eigenvalue weighted by molar-refractivity contribution is -0.113. The molecule has 2 N–H and O–H groups in total. The number of thioether (sulfide) groups is 1. The summed E-state index contributed by atoms with van der Waals surface area (Å²) in [5.74, 6) is 1.16. The van der Waals surface area contributed by atoms with Crippen molar-refractivity contribution in [3.63, 3.8) is 0 Å². The molecule has 1 fully saturated rings. The average Bonchev–Trinajstić information content (AvgIpc) is 3.24. The van der Waals surface area contributed by atoms with Crippen LogP contribution in [0.25, 0.3) is 0 Å². The Morgan fingerprint density at radius 3 is 2.83 bits per heavy atom. The van der Waals surface area contributed by atoms with E-state index in [4.69, 9.17) is 0 Å². The molecule has 1 saturated carbocycles. The van der Waals surface area contributed by atoms with E-state index < -0.39 is 9.84 Å². The molecule has 0 unspecified atom stereocenters. The monoisotopic (exact) mass is 352 g/mol. The third-order valence-electron chi connectivity index (χ3n) is 3.34. The maximum Gasteiger partial charge on any atom is 0.234 e. The van der Waals surface area contributed by atoms with Gasteiger partial charge in [0.2, 0.25) is 11.1 Å². The molecule has 7 nitrogen and oxygen atoms in total. The van der Waals surface area contributed by atoms with Crippen LogP contribution in [0.4, 0.5) is 5.69 Å². The van der Waals surface area contributed by atoms with Crippen LogP contribution < -0.4 is 5.32 Å². The number of anilines is 1. The summed E-state index contributed by atoms with van der Waals surface area (Å²) < 4.78 is 23.4. The van der Waals surface area contributed by atoms with Gasteiger partial charge in [0.05, 0.1) is 16.3 Å². The van der Waals surface area contributed by atoms with Gasteiger partial charge in [-0.3, -0.25) is 9.89 Å². The van der Waals surface area contributed by atoms with Crippen LogP contribution in [0.15, 0.2) is 34.3 Å². The van der Waals surface area contributed by atoms with Gasteiger partial charge in [-0.05, 0) is 25.0 Å². The molecule has 1 aliphatic carbocycles. The fraction of sp³-hybridized carbons (Fsp3) is 0.357. The molecule has 0 saturated heterocycles. The third-order valence-corrected chi connectivity index (χ3v) is 5.34. The number of hydrogen-bond donors (Lipinski definition) is 2. The van der Waals surface area contributed by atoms with Crippen molar-refractivity contribution in [2.75, 3.05) is 17.3 Å². The lowest BCUT2D eigenvalue weighted by Gasteiger charge is -2.08. The van der Waals surface area contributed by atoms with Crippen LogP contribution in [-0.4, -0.2) is 41.5 Å². The minimum Gasteiger partial charge on any atom is -0.324 e. The summed E-state index contributed by atoms with van der Waals surface area (Å²) >= 11 is 1.21. The minimum absolute atomic E-state index is 0.104. The maximum absolute atomic E-state index is 12.0. The number of nitrogens with one attached hydrogen (secondary N) is 2. The van der Waals surface area contributed by atoms with Gasteiger partial charge in [0.1, 0.15) is 5.82 Å². The van der Waals surface area contributed by atoms with Crippen LogP contribution in [0.5, 0.6) is 0 Å². The first kappa shape index (κ1) is 16.0. The van der Waals surface area contributed by atoms with Crippen molar-refractivity contribution >= 4 is 33.2 Å². The molecule has 1 aromatic heterocycles. The summed E-state index contributed by atoms with van der Waals surface area (Å²) in [5, 5.41) is 10.1. The minimum atomic E-state index is -3.40. The van der Waals surface area contributed by atoms with E-state index in [1.54, 1.807) is 18.2 Å².